The molecule has 44 heavy (non-hydrogen) atoms. The van der Waals surface area contributed by atoms with Gasteiger partial charge in [0.05, 0.1) is 0 Å². The minimum atomic E-state index is 0. The number of anilines is 1. The first-order chi connectivity index (χ1) is 19.6. The van der Waals surface area contributed by atoms with Crippen LogP contribution in [-0.4, -0.2) is 13.1 Å². The molecule has 1 nitrogen and oxygen atoms in total. The topological polar surface area (TPSA) is 3.24 Å². The van der Waals surface area contributed by atoms with E-state index in [9.17, 15) is 0 Å². The molecule has 0 spiro atoms. The summed E-state index contributed by atoms with van der Waals surface area (Å²) in [5.74, 6) is 0. The Hall–Kier alpha value is -0.852. The fourth-order valence-electron chi connectivity index (χ4n) is 4.90. The van der Waals surface area contributed by atoms with Crippen LogP contribution in [0.4, 0.5) is 5.69 Å². The summed E-state index contributed by atoms with van der Waals surface area (Å²) in [6.45, 7) is 25.0. The average Bonchev–Trinajstić information content (AvgIpc) is 3.03. The van der Waals surface area contributed by atoms with Gasteiger partial charge in [-0.3, -0.25) is 0 Å². The summed E-state index contributed by atoms with van der Waals surface area (Å²) in [7, 11) is 0. The van der Waals surface area contributed by atoms with Gasteiger partial charge in [0.2, 0.25) is 0 Å². The largest absolute Gasteiger partial charge is 0.371 e. The van der Waals surface area contributed by atoms with Crippen molar-refractivity contribution in [2.45, 2.75) is 102 Å². The zero-order chi connectivity index (χ0) is 30.3. The van der Waals surface area contributed by atoms with Crippen LogP contribution in [0, 0.1) is 35.6 Å². The van der Waals surface area contributed by atoms with Gasteiger partial charge in [-0.2, -0.15) is 0 Å². The molecular weight excluding hydrogens is 684 g/mol. The van der Waals surface area contributed by atoms with Crippen LogP contribution in [0.1, 0.15) is 96.0 Å². The molecule has 0 aromatic heterocycles. The van der Waals surface area contributed by atoms with Crippen molar-refractivity contribution in [3.8, 4) is 0 Å². The molecule has 0 atom stereocenters. The normalized spacial score (nSPS) is 10.7. The maximum absolute atomic E-state index is 2.59. The number of aryl methyl sites for hydroxylation is 5. The van der Waals surface area contributed by atoms with Crippen LogP contribution in [0.2, 0.25) is 0 Å². The van der Waals surface area contributed by atoms with E-state index in [4.69, 9.17) is 0 Å². The summed E-state index contributed by atoms with van der Waals surface area (Å²) in [5, 5.41) is 2.68. The van der Waals surface area contributed by atoms with Gasteiger partial charge in [0.15, 0.2) is 0 Å². The van der Waals surface area contributed by atoms with E-state index in [1.165, 1.54) is 66.2 Å². The van der Waals surface area contributed by atoms with Crippen molar-refractivity contribution in [2.75, 3.05) is 18.0 Å². The van der Waals surface area contributed by atoms with Crippen molar-refractivity contribution in [1.82, 2.24) is 0 Å². The van der Waals surface area contributed by atoms with E-state index in [-0.39, 0.29) is 80.3 Å². The molecule has 4 aromatic carbocycles. The number of nitrogens with zero attached hydrogens (tertiary/aromatic N) is 1. The molecule has 2 radical (unpaired) electrons. The van der Waals surface area contributed by atoms with Crippen LogP contribution in [0.3, 0.4) is 0 Å². The van der Waals surface area contributed by atoms with Gasteiger partial charge in [-0.15, -0.1) is 0 Å². The third-order valence-electron chi connectivity index (χ3n) is 6.42. The second-order valence-electron chi connectivity index (χ2n) is 9.08. The van der Waals surface area contributed by atoms with E-state index < -0.39 is 0 Å². The van der Waals surface area contributed by atoms with Gasteiger partial charge in [0, 0.05) is 84.2 Å². The average molecular weight is 750 g/mol. The van der Waals surface area contributed by atoms with Gasteiger partial charge in [0.1, 0.15) is 0 Å². The number of fused-ring (bicyclic) bond motifs is 1. The summed E-state index contributed by atoms with van der Waals surface area (Å²) in [4.78, 5) is 2.59. The standard InChI is InChI=1S/C13H17N.C11H10.C7H8.4C2H6.2CH3.2Y/c1-10-8-11-4-2-6-14-7-3-5-12(9-10)13(11)14;1-9-5-4-7-10-6-2-3-8-11(9)10;1-7-5-3-2-4-6-7;4*1-2;;;;/h8-9H,2-7H2,1H3;2-8H,1H3;2-6H,1H3;4*1-2H3;2*1H3;;/q;;;;;;;2*-1;;. The molecule has 0 fully saturated rings. The van der Waals surface area contributed by atoms with Gasteiger partial charge in [-0.1, -0.05) is 151 Å². The Morgan fingerprint density at radius 1 is 0.500 bits per heavy atom. The van der Waals surface area contributed by atoms with E-state index in [0.29, 0.717) is 0 Å². The summed E-state index contributed by atoms with van der Waals surface area (Å²) < 4.78 is 0. The third kappa shape index (κ3) is 18.3. The Kier molecular flexibility index (Phi) is 40.1. The van der Waals surface area contributed by atoms with E-state index in [1.807, 2.05) is 73.6 Å². The van der Waals surface area contributed by atoms with Crippen molar-refractivity contribution in [3.05, 3.63) is 128 Å². The van der Waals surface area contributed by atoms with Crippen molar-refractivity contribution in [3.63, 3.8) is 0 Å². The Balaban J connectivity index is -0.000000154. The van der Waals surface area contributed by atoms with Gasteiger partial charge >= 0.3 is 0 Å². The Labute approximate surface area is 326 Å². The zero-order valence-electron chi connectivity index (χ0n) is 30.9. The quantitative estimate of drug-likeness (QED) is 0.162. The first-order valence-electron chi connectivity index (χ1n) is 15.9. The van der Waals surface area contributed by atoms with Crippen LogP contribution in [-0.2, 0) is 78.3 Å². The SMILES string of the molecule is CC.CC.CC.CC.Cc1cc2c3c(c1)CCCN3CCC2.Cc1cccc2ccccc12.Cc1ccccc1.[CH3-].[CH3-].[Y].[Y]. The summed E-state index contributed by atoms with van der Waals surface area (Å²) in [6, 6.07) is 29.9. The minimum absolute atomic E-state index is 0. The molecule has 0 aliphatic carbocycles. The predicted octanol–water partition coefficient (Wildman–Crippen LogP) is 12.8. The molecule has 6 rings (SSSR count). The first kappa shape index (κ1) is 52.7. The molecule has 3 heteroatoms. The second-order valence-corrected chi connectivity index (χ2v) is 9.08. The van der Waals surface area contributed by atoms with Crippen LogP contribution >= 0.6 is 0 Å². The molecule has 0 saturated carbocycles. The van der Waals surface area contributed by atoms with Crippen molar-refractivity contribution in [2.24, 2.45) is 0 Å². The molecule has 0 N–H and O–H groups in total. The number of benzene rings is 4. The fourth-order valence-corrected chi connectivity index (χ4v) is 4.90. The molecule has 0 unspecified atom stereocenters. The molecule has 0 saturated heterocycles. The maximum Gasteiger partial charge on any atom is 0.0431 e. The monoisotopic (exact) mass is 749 g/mol. The van der Waals surface area contributed by atoms with Gasteiger partial charge in [-0.05, 0) is 73.9 Å². The van der Waals surface area contributed by atoms with E-state index in [0.717, 1.165) is 0 Å². The summed E-state index contributed by atoms with van der Waals surface area (Å²) in [5.41, 5.74) is 8.91. The number of hydrogen-bond acceptors (Lipinski definition) is 1. The third-order valence-corrected chi connectivity index (χ3v) is 6.42. The fraction of sp³-hybridized carbons (Fsp3) is 0.415. The number of hydrogen-bond donors (Lipinski definition) is 0. The van der Waals surface area contributed by atoms with Gasteiger partial charge in [-0.25, -0.2) is 0 Å². The summed E-state index contributed by atoms with van der Waals surface area (Å²) >= 11 is 0. The van der Waals surface area contributed by atoms with E-state index >= 15 is 0 Å². The van der Waals surface area contributed by atoms with Crippen molar-refractivity contribution < 1.29 is 65.4 Å². The van der Waals surface area contributed by atoms with E-state index in [2.05, 4.69) is 92.4 Å². The van der Waals surface area contributed by atoms with Crippen molar-refractivity contribution in [1.29, 1.82) is 0 Å². The van der Waals surface area contributed by atoms with Crippen molar-refractivity contribution >= 4 is 16.5 Å². The smallest absolute Gasteiger partial charge is 0.0431 e. The van der Waals surface area contributed by atoms with Crippen LogP contribution in [0.5, 0.6) is 0 Å². The molecule has 2 aliphatic heterocycles. The molecule has 2 heterocycles. The molecule has 0 bridgehead atoms. The molecule has 2 aliphatic rings. The molecule has 0 amide bonds. The Bertz CT molecular complexity index is 1140. The minimum Gasteiger partial charge on any atom is -0.371 e. The predicted molar refractivity (Wildman–Crippen MR) is 198 cm³/mol. The molecular formula is C41H65NY2-2. The molecule has 242 valence electrons. The molecule has 4 aromatic rings. The van der Waals surface area contributed by atoms with Gasteiger partial charge in [0.25, 0.3) is 0 Å². The summed E-state index contributed by atoms with van der Waals surface area (Å²) in [6.07, 6.45) is 5.27. The Morgan fingerprint density at radius 3 is 1.36 bits per heavy atom. The van der Waals surface area contributed by atoms with Gasteiger partial charge < -0.3 is 19.8 Å². The number of rotatable bonds is 0. The second kappa shape index (κ2) is 33.5. The van der Waals surface area contributed by atoms with E-state index in [1.54, 1.807) is 16.8 Å². The zero-order valence-corrected chi connectivity index (χ0v) is 36.6. The van der Waals surface area contributed by atoms with Crippen LogP contribution in [0.15, 0.2) is 84.9 Å². The Morgan fingerprint density at radius 2 is 0.932 bits per heavy atom. The van der Waals surface area contributed by atoms with Crippen LogP contribution < -0.4 is 4.90 Å². The first-order valence-corrected chi connectivity index (χ1v) is 15.9. The maximum atomic E-state index is 2.59. The van der Waals surface area contributed by atoms with Crippen LogP contribution in [0.25, 0.3) is 10.8 Å².